The highest BCUT2D eigenvalue weighted by Crippen LogP contribution is 2.28. The summed E-state index contributed by atoms with van der Waals surface area (Å²) in [4.78, 5) is 24.4. The van der Waals surface area contributed by atoms with Crippen molar-refractivity contribution in [3.05, 3.63) is 23.8 Å². The summed E-state index contributed by atoms with van der Waals surface area (Å²) in [6.45, 7) is 0.0544. The van der Waals surface area contributed by atoms with Gasteiger partial charge in [-0.3, -0.25) is 9.59 Å². The molecule has 0 fully saturated rings. The Kier molecular flexibility index (Phi) is 6.48. The third kappa shape index (κ3) is 4.64. The molecule has 7 nitrogen and oxygen atoms in total. The van der Waals surface area contributed by atoms with Gasteiger partial charge in [0, 0.05) is 19.2 Å². The number of methoxy groups -OCH3 is 3. The molecule has 1 rings (SSSR count). The van der Waals surface area contributed by atoms with Gasteiger partial charge in [-0.05, 0) is 18.2 Å². The third-order valence-electron chi connectivity index (χ3n) is 2.81. The van der Waals surface area contributed by atoms with Crippen molar-refractivity contribution in [1.82, 2.24) is 4.90 Å². The number of carbonyl (C=O) groups is 2. The van der Waals surface area contributed by atoms with Gasteiger partial charge in [-0.25, -0.2) is 0 Å². The van der Waals surface area contributed by atoms with Gasteiger partial charge in [-0.2, -0.15) is 0 Å². The molecule has 0 heterocycles. The maximum absolute atomic E-state index is 12.4. The fourth-order valence-electron chi connectivity index (χ4n) is 1.77. The van der Waals surface area contributed by atoms with E-state index < -0.39 is 18.4 Å². The summed E-state index contributed by atoms with van der Waals surface area (Å²) in [6.07, 6.45) is 0. The number of hydrogen-bond acceptors (Lipinski definition) is 5. The zero-order valence-electron chi connectivity index (χ0n) is 12.3. The van der Waals surface area contributed by atoms with Crippen molar-refractivity contribution in [3.63, 3.8) is 0 Å². The van der Waals surface area contributed by atoms with E-state index >= 15 is 0 Å². The number of carboxylic acids is 1. The topological polar surface area (TPSA) is 85.3 Å². The van der Waals surface area contributed by atoms with Crippen molar-refractivity contribution < 1.29 is 28.9 Å². The first-order valence-corrected chi connectivity index (χ1v) is 6.25. The number of carbonyl (C=O) groups excluding carboxylic acids is 1. The van der Waals surface area contributed by atoms with Crippen molar-refractivity contribution in [3.8, 4) is 11.5 Å². The average molecular weight is 297 g/mol. The number of benzene rings is 1. The lowest BCUT2D eigenvalue weighted by atomic mass is 10.1. The quantitative estimate of drug-likeness (QED) is 0.766. The summed E-state index contributed by atoms with van der Waals surface area (Å²) in [6, 6.07) is 4.68. The maximum atomic E-state index is 12.4. The zero-order valence-corrected chi connectivity index (χ0v) is 12.3. The molecule has 0 bridgehead atoms. The van der Waals surface area contributed by atoms with Crippen LogP contribution in [0.5, 0.6) is 11.5 Å². The molecule has 1 N–H and O–H groups in total. The first-order chi connectivity index (χ1) is 10.0. The van der Waals surface area contributed by atoms with Gasteiger partial charge in [-0.15, -0.1) is 0 Å². The Morgan fingerprint density at radius 2 is 1.81 bits per heavy atom. The number of aliphatic carboxylic acids is 1. The van der Waals surface area contributed by atoms with Crippen LogP contribution in [0.4, 0.5) is 0 Å². The summed E-state index contributed by atoms with van der Waals surface area (Å²) in [7, 11) is 4.44. The van der Waals surface area contributed by atoms with Gasteiger partial charge in [0.2, 0.25) is 0 Å². The van der Waals surface area contributed by atoms with Crippen molar-refractivity contribution in [1.29, 1.82) is 0 Å². The summed E-state index contributed by atoms with van der Waals surface area (Å²) < 4.78 is 15.1. The molecule has 1 amide bonds. The highest BCUT2D eigenvalue weighted by Gasteiger charge is 2.19. The van der Waals surface area contributed by atoms with Gasteiger partial charge >= 0.3 is 5.97 Å². The van der Waals surface area contributed by atoms with Crippen LogP contribution in [0, 0.1) is 0 Å². The van der Waals surface area contributed by atoms with Crippen molar-refractivity contribution in [2.45, 2.75) is 0 Å². The minimum absolute atomic E-state index is 0.190. The summed E-state index contributed by atoms with van der Waals surface area (Å²) in [5, 5.41) is 8.88. The van der Waals surface area contributed by atoms with E-state index in [2.05, 4.69) is 0 Å². The number of ether oxygens (including phenoxy) is 3. The normalized spacial score (nSPS) is 10.0. The molecule has 0 radical (unpaired) electrons. The van der Waals surface area contributed by atoms with Crippen molar-refractivity contribution in [2.75, 3.05) is 41.0 Å². The van der Waals surface area contributed by atoms with Crippen LogP contribution >= 0.6 is 0 Å². The minimum atomic E-state index is -1.08. The molecule has 1 aromatic rings. The third-order valence-corrected chi connectivity index (χ3v) is 2.81. The Hall–Kier alpha value is -2.28. The largest absolute Gasteiger partial charge is 0.493 e. The molecular weight excluding hydrogens is 278 g/mol. The number of rotatable bonds is 8. The Morgan fingerprint density at radius 1 is 1.14 bits per heavy atom. The van der Waals surface area contributed by atoms with Crippen LogP contribution in [0.15, 0.2) is 18.2 Å². The number of nitrogens with zero attached hydrogens (tertiary/aromatic N) is 1. The van der Waals surface area contributed by atoms with Gasteiger partial charge in [-0.1, -0.05) is 0 Å². The van der Waals surface area contributed by atoms with Gasteiger partial charge in [0.15, 0.2) is 11.5 Å². The van der Waals surface area contributed by atoms with Crippen molar-refractivity contribution in [2.24, 2.45) is 0 Å². The lowest BCUT2D eigenvalue weighted by Crippen LogP contribution is -2.38. The second-order valence-corrected chi connectivity index (χ2v) is 4.18. The Balaban J connectivity index is 2.99. The van der Waals surface area contributed by atoms with E-state index in [-0.39, 0.29) is 13.2 Å². The minimum Gasteiger partial charge on any atom is -0.493 e. The summed E-state index contributed by atoms with van der Waals surface area (Å²) >= 11 is 0. The smallest absolute Gasteiger partial charge is 0.323 e. The van der Waals surface area contributed by atoms with Crippen LogP contribution in [-0.2, 0) is 9.53 Å². The first-order valence-electron chi connectivity index (χ1n) is 6.25. The van der Waals surface area contributed by atoms with Crippen LogP contribution < -0.4 is 9.47 Å². The van der Waals surface area contributed by atoms with E-state index in [0.29, 0.717) is 17.1 Å². The Morgan fingerprint density at radius 3 is 2.33 bits per heavy atom. The molecule has 0 aromatic heterocycles. The zero-order chi connectivity index (χ0) is 15.8. The first kappa shape index (κ1) is 16.8. The highest BCUT2D eigenvalue weighted by atomic mass is 16.5. The molecule has 0 unspecified atom stereocenters. The standard InChI is InChI=1S/C14H19NO6/c1-19-7-6-15(9-13(16)17)14(18)10-4-5-11(20-2)12(8-10)21-3/h4-5,8H,6-7,9H2,1-3H3,(H,16,17). The van der Waals surface area contributed by atoms with Crippen LogP contribution in [0.2, 0.25) is 0 Å². The lowest BCUT2D eigenvalue weighted by Gasteiger charge is -2.20. The summed E-state index contributed by atoms with van der Waals surface area (Å²) in [5.74, 6) is -0.587. The Labute approximate surface area is 123 Å². The molecule has 0 atom stereocenters. The van der Waals surface area contributed by atoms with Crippen LogP contribution in [0.25, 0.3) is 0 Å². The van der Waals surface area contributed by atoms with E-state index in [1.165, 1.54) is 32.3 Å². The average Bonchev–Trinajstić information content (AvgIpc) is 2.49. The van der Waals surface area contributed by atoms with E-state index in [4.69, 9.17) is 19.3 Å². The van der Waals surface area contributed by atoms with E-state index in [1.807, 2.05) is 0 Å². The van der Waals surface area contributed by atoms with Crippen molar-refractivity contribution >= 4 is 11.9 Å². The second-order valence-electron chi connectivity index (χ2n) is 4.18. The van der Waals surface area contributed by atoms with Crippen LogP contribution in [0.3, 0.4) is 0 Å². The highest BCUT2D eigenvalue weighted by molar-refractivity contribution is 5.96. The molecule has 116 valence electrons. The van der Waals surface area contributed by atoms with E-state index in [1.54, 1.807) is 12.1 Å². The molecule has 0 aliphatic heterocycles. The molecular formula is C14H19NO6. The fraction of sp³-hybridized carbons (Fsp3) is 0.429. The second kappa shape index (κ2) is 8.11. The molecule has 1 aromatic carbocycles. The number of hydrogen-bond donors (Lipinski definition) is 1. The number of carboxylic acid groups (broad SMARTS) is 1. The van der Waals surface area contributed by atoms with Gasteiger partial charge in [0.1, 0.15) is 6.54 Å². The fourth-order valence-corrected chi connectivity index (χ4v) is 1.77. The lowest BCUT2D eigenvalue weighted by molar-refractivity contribution is -0.137. The molecule has 7 heteroatoms. The monoisotopic (exact) mass is 297 g/mol. The molecule has 0 saturated heterocycles. The molecule has 0 aliphatic carbocycles. The van der Waals surface area contributed by atoms with Gasteiger partial charge in [0.25, 0.3) is 5.91 Å². The number of amides is 1. The van der Waals surface area contributed by atoms with E-state index in [9.17, 15) is 9.59 Å². The Bertz CT molecular complexity index is 502. The maximum Gasteiger partial charge on any atom is 0.323 e. The van der Waals surface area contributed by atoms with Gasteiger partial charge < -0.3 is 24.2 Å². The molecule has 21 heavy (non-hydrogen) atoms. The van der Waals surface area contributed by atoms with Crippen LogP contribution in [-0.4, -0.2) is 62.9 Å². The molecule has 0 aliphatic rings. The van der Waals surface area contributed by atoms with Crippen LogP contribution in [0.1, 0.15) is 10.4 Å². The molecule has 0 saturated carbocycles. The van der Waals surface area contributed by atoms with E-state index in [0.717, 1.165) is 0 Å². The SMILES string of the molecule is COCCN(CC(=O)O)C(=O)c1ccc(OC)c(OC)c1. The summed E-state index contributed by atoms with van der Waals surface area (Å²) in [5.41, 5.74) is 0.324. The molecule has 0 spiro atoms. The predicted octanol–water partition coefficient (Wildman–Crippen LogP) is 0.877. The predicted molar refractivity (Wildman–Crippen MR) is 75.0 cm³/mol. The van der Waals surface area contributed by atoms with Gasteiger partial charge in [0.05, 0.1) is 20.8 Å².